The quantitative estimate of drug-likeness (QED) is 0.529. The van der Waals surface area contributed by atoms with E-state index in [1.165, 1.54) is 16.8 Å². The van der Waals surface area contributed by atoms with Crippen molar-refractivity contribution in [3.8, 4) is 0 Å². The first-order valence-electron chi connectivity index (χ1n) is 3.24. The van der Waals surface area contributed by atoms with Gasteiger partial charge in [-0.3, -0.25) is 4.40 Å². The number of hydrogen-bond acceptors (Lipinski definition) is 2. The van der Waals surface area contributed by atoms with Crippen LogP contribution in [0.2, 0.25) is 0 Å². The van der Waals surface area contributed by atoms with Gasteiger partial charge in [0.25, 0.3) is 0 Å². The first-order valence-corrected chi connectivity index (χ1v) is 3.24. The van der Waals surface area contributed by atoms with Crippen molar-refractivity contribution < 1.29 is 4.39 Å². The summed E-state index contributed by atoms with van der Waals surface area (Å²) in [6, 6.07) is 3.07. The molecule has 0 amide bonds. The van der Waals surface area contributed by atoms with Crippen LogP contribution >= 0.6 is 0 Å². The molecular formula is C7H6FN3. The number of hydrogen-bond donors (Lipinski definition) is 0. The van der Waals surface area contributed by atoms with Crippen LogP contribution in [0, 0.1) is 12.9 Å². The van der Waals surface area contributed by atoms with Gasteiger partial charge in [0.15, 0.2) is 5.65 Å². The standard InChI is InChI=1S/C7H6FN3/c1-5-2-3-6(8)11-4-9-10-7(5)11/h2-4H,1H3. The van der Waals surface area contributed by atoms with Crippen LogP contribution in [0.5, 0.6) is 0 Å². The average Bonchev–Trinajstić information content (AvgIpc) is 2.45. The molecule has 2 aromatic heterocycles. The second-order valence-electron chi connectivity index (χ2n) is 2.36. The van der Waals surface area contributed by atoms with Crippen molar-refractivity contribution in [2.45, 2.75) is 6.92 Å². The van der Waals surface area contributed by atoms with E-state index >= 15 is 0 Å². The van der Waals surface area contributed by atoms with Gasteiger partial charge >= 0.3 is 0 Å². The zero-order chi connectivity index (χ0) is 7.84. The van der Waals surface area contributed by atoms with Crippen molar-refractivity contribution in [1.82, 2.24) is 14.6 Å². The van der Waals surface area contributed by atoms with Gasteiger partial charge in [0.05, 0.1) is 0 Å². The van der Waals surface area contributed by atoms with E-state index < -0.39 is 0 Å². The number of aryl methyl sites for hydroxylation is 1. The molecule has 0 aliphatic carbocycles. The summed E-state index contributed by atoms with van der Waals surface area (Å²) < 4.78 is 14.2. The molecule has 0 aliphatic rings. The minimum Gasteiger partial charge on any atom is -0.257 e. The summed E-state index contributed by atoms with van der Waals surface area (Å²) in [5, 5.41) is 7.35. The van der Waals surface area contributed by atoms with Crippen molar-refractivity contribution in [2.24, 2.45) is 0 Å². The van der Waals surface area contributed by atoms with Crippen LogP contribution in [0.1, 0.15) is 5.56 Å². The smallest absolute Gasteiger partial charge is 0.200 e. The summed E-state index contributed by atoms with van der Waals surface area (Å²) >= 11 is 0. The lowest BCUT2D eigenvalue weighted by molar-refractivity contribution is 0.566. The van der Waals surface area contributed by atoms with E-state index in [1.54, 1.807) is 6.07 Å². The Balaban J connectivity index is 2.96. The SMILES string of the molecule is Cc1ccc(F)n2cnnc12. The normalized spacial score (nSPS) is 10.7. The number of aromatic nitrogens is 3. The monoisotopic (exact) mass is 151 g/mol. The van der Waals surface area contributed by atoms with Crippen molar-refractivity contribution in [1.29, 1.82) is 0 Å². The highest BCUT2D eigenvalue weighted by atomic mass is 19.1. The van der Waals surface area contributed by atoms with E-state index in [1.807, 2.05) is 6.92 Å². The Morgan fingerprint density at radius 1 is 1.45 bits per heavy atom. The summed E-state index contributed by atoms with van der Waals surface area (Å²) in [5.41, 5.74) is 1.49. The molecule has 0 saturated heterocycles. The molecule has 0 aromatic carbocycles. The predicted molar refractivity (Wildman–Crippen MR) is 37.7 cm³/mol. The first kappa shape index (κ1) is 6.27. The van der Waals surface area contributed by atoms with E-state index in [9.17, 15) is 4.39 Å². The van der Waals surface area contributed by atoms with E-state index in [-0.39, 0.29) is 5.95 Å². The third-order valence-electron chi connectivity index (χ3n) is 1.60. The molecule has 2 aromatic rings. The number of fused-ring (bicyclic) bond motifs is 1. The van der Waals surface area contributed by atoms with Gasteiger partial charge in [-0.2, -0.15) is 4.39 Å². The van der Waals surface area contributed by atoms with Gasteiger partial charge in [0, 0.05) is 0 Å². The average molecular weight is 151 g/mol. The molecule has 0 unspecified atom stereocenters. The summed E-state index contributed by atoms with van der Waals surface area (Å²) in [7, 11) is 0. The lowest BCUT2D eigenvalue weighted by atomic mass is 10.3. The van der Waals surface area contributed by atoms with E-state index in [0.29, 0.717) is 5.65 Å². The van der Waals surface area contributed by atoms with Crippen molar-refractivity contribution in [3.05, 3.63) is 30.0 Å². The first-order chi connectivity index (χ1) is 5.29. The maximum Gasteiger partial charge on any atom is 0.200 e. The van der Waals surface area contributed by atoms with Gasteiger partial charge in [-0.1, -0.05) is 6.07 Å². The molecule has 0 bridgehead atoms. The van der Waals surface area contributed by atoms with Crippen molar-refractivity contribution >= 4 is 5.65 Å². The molecule has 2 heterocycles. The number of nitrogens with zero attached hydrogens (tertiary/aromatic N) is 3. The maximum atomic E-state index is 12.9. The lowest BCUT2D eigenvalue weighted by Gasteiger charge is -1.95. The highest BCUT2D eigenvalue weighted by Crippen LogP contribution is 2.07. The minimum absolute atomic E-state index is 0.337. The molecule has 56 valence electrons. The molecule has 3 nitrogen and oxygen atoms in total. The zero-order valence-electron chi connectivity index (χ0n) is 5.95. The molecule has 0 aliphatic heterocycles. The second kappa shape index (κ2) is 2.02. The van der Waals surface area contributed by atoms with Gasteiger partial charge in [0.1, 0.15) is 6.33 Å². The van der Waals surface area contributed by atoms with Gasteiger partial charge in [-0.25, -0.2) is 0 Å². The van der Waals surface area contributed by atoms with Gasteiger partial charge in [0.2, 0.25) is 5.95 Å². The Hall–Kier alpha value is -1.45. The molecule has 4 heteroatoms. The van der Waals surface area contributed by atoms with Crippen LogP contribution in [0.3, 0.4) is 0 Å². The molecule has 2 rings (SSSR count). The molecular weight excluding hydrogens is 145 g/mol. The maximum absolute atomic E-state index is 12.9. The molecule has 0 radical (unpaired) electrons. The van der Waals surface area contributed by atoms with Crippen LogP contribution in [0.15, 0.2) is 18.5 Å². The van der Waals surface area contributed by atoms with Crippen LogP contribution in [-0.4, -0.2) is 14.6 Å². The third-order valence-corrected chi connectivity index (χ3v) is 1.60. The minimum atomic E-state index is -0.337. The Bertz CT molecular complexity index is 357. The molecule has 0 fully saturated rings. The fourth-order valence-electron chi connectivity index (χ4n) is 1.01. The second-order valence-corrected chi connectivity index (χ2v) is 2.36. The Labute approximate surface area is 62.5 Å². The zero-order valence-corrected chi connectivity index (χ0v) is 5.95. The molecule has 0 spiro atoms. The Kier molecular flexibility index (Phi) is 1.15. The van der Waals surface area contributed by atoms with E-state index in [2.05, 4.69) is 10.2 Å². The van der Waals surface area contributed by atoms with E-state index in [4.69, 9.17) is 0 Å². The summed E-state index contributed by atoms with van der Waals surface area (Å²) in [4.78, 5) is 0. The molecule has 0 N–H and O–H groups in total. The number of rotatable bonds is 0. The topological polar surface area (TPSA) is 30.2 Å². The van der Waals surface area contributed by atoms with Crippen LogP contribution in [0.4, 0.5) is 4.39 Å². The Morgan fingerprint density at radius 3 is 3.00 bits per heavy atom. The number of pyridine rings is 1. The van der Waals surface area contributed by atoms with Crippen molar-refractivity contribution in [2.75, 3.05) is 0 Å². The van der Waals surface area contributed by atoms with Crippen LogP contribution in [0.25, 0.3) is 5.65 Å². The molecule has 11 heavy (non-hydrogen) atoms. The van der Waals surface area contributed by atoms with Crippen LogP contribution in [-0.2, 0) is 0 Å². The molecule has 0 saturated carbocycles. The van der Waals surface area contributed by atoms with E-state index in [0.717, 1.165) is 5.56 Å². The van der Waals surface area contributed by atoms with Crippen LogP contribution < -0.4 is 0 Å². The predicted octanol–water partition coefficient (Wildman–Crippen LogP) is 1.18. The summed E-state index contributed by atoms with van der Waals surface area (Å²) in [6.07, 6.45) is 1.36. The largest absolute Gasteiger partial charge is 0.257 e. The summed E-state index contributed by atoms with van der Waals surface area (Å²) in [5.74, 6) is -0.337. The fraction of sp³-hybridized carbons (Fsp3) is 0.143. The third kappa shape index (κ3) is 0.790. The van der Waals surface area contributed by atoms with Gasteiger partial charge < -0.3 is 0 Å². The molecule has 0 atom stereocenters. The summed E-state index contributed by atoms with van der Waals surface area (Å²) in [6.45, 7) is 1.86. The van der Waals surface area contributed by atoms with Crippen molar-refractivity contribution in [3.63, 3.8) is 0 Å². The Morgan fingerprint density at radius 2 is 2.27 bits per heavy atom. The fourth-order valence-corrected chi connectivity index (χ4v) is 1.01. The lowest BCUT2D eigenvalue weighted by Crippen LogP contribution is -1.92. The van der Waals surface area contributed by atoms with Gasteiger partial charge in [-0.15, -0.1) is 10.2 Å². The van der Waals surface area contributed by atoms with Gasteiger partial charge in [-0.05, 0) is 18.6 Å². The highest BCUT2D eigenvalue weighted by molar-refractivity contribution is 5.45. The number of halogens is 1. The highest BCUT2D eigenvalue weighted by Gasteiger charge is 2.02.